The SMILES string of the molecule is CS/C=C(\N)CN1CCC(c2ccc3[nH]c(C4=C/CCC5N=CN=C5/C(C)=C\4)c(C(C)C)c3c2)CC1. The number of likely N-dealkylation sites (tertiary alicyclic amines) is 1. The van der Waals surface area contributed by atoms with Crippen LogP contribution in [0.5, 0.6) is 0 Å². The summed E-state index contributed by atoms with van der Waals surface area (Å²) < 4.78 is 0. The molecule has 0 bridgehead atoms. The first-order valence-corrected chi connectivity index (χ1v) is 14.6. The molecule has 0 saturated carbocycles. The van der Waals surface area contributed by atoms with E-state index in [0.717, 1.165) is 43.9 Å². The van der Waals surface area contributed by atoms with Crippen molar-refractivity contribution in [3.8, 4) is 0 Å². The first kappa shape index (κ1) is 25.1. The molecule has 1 aliphatic carbocycles. The molecule has 190 valence electrons. The van der Waals surface area contributed by atoms with Gasteiger partial charge in [-0.05, 0) is 110 Å². The molecule has 1 fully saturated rings. The van der Waals surface area contributed by atoms with Crippen molar-refractivity contribution >= 4 is 40.3 Å². The van der Waals surface area contributed by atoms with Gasteiger partial charge in [-0.25, -0.2) is 4.99 Å². The quantitative estimate of drug-likeness (QED) is 0.468. The highest BCUT2D eigenvalue weighted by atomic mass is 32.2. The number of fused-ring (bicyclic) bond motifs is 2. The molecule has 3 aliphatic rings. The Labute approximate surface area is 219 Å². The molecule has 5 rings (SSSR count). The number of hydrogen-bond acceptors (Lipinski definition) is 5. The number of allylic oxidation sites excluding steroid dienone is 3. The van der Waals surface area contributed by atoms with E-state index in [-0.39, 0.29) is 6.04 Å². The van der Waals surface area contributed by atoms with Crippen LogP contribution in [0.15, 0.2) is 57.0 Å². The molecule has 36 heavy (non-hydrogen) atoms. The lowest BCUT2D eigenvalue weighted by molar-refractivity contribution is 0.228. The molecule has 1 aromatic carbocycles. The van der Waals surface area contributed by atoms with Crippen LogP contribution in [-0.2, 0) is 0 Å². The number of H-pyrrole nitrogens is 1. The highest BCUT2D eigenvalue weighted by molar-refractivity contribution is 8.01. The Morgan fingerprint density at radius 2 is 2.06 bits per heavy atom. The van der Waals surface area contributed by atoms with Crippen LogP contribution in [0.2, 0.25) is 0 Å². The summed E-state index contributed by atoms with van der Waals surface area (Å²) in [5.41, 5.74) is 16.2. The molecule has 0 radical (unpaired) electrons. The van der Waals surface area contributed by atoms with Gasteiger partial charge in [0.25, 0.3) is 0 Å². The van der Waals surface area contributed by atoms with Gasteiger partial charge in [-0.3, -0.25) is 9.89 Å². The lowest BCUT2D eigenvalue weighted by atomic mass is 9.87. The van der Waals surface area contributed by atoms with E-state index >= 15 is 0 Å². The Morgan fingerprint density at radius 3 is 2.81 bits per heavy atom. The van der Waals surface area contributed by atoms with Crippen LogP contribution < -0.4 is 5.73 Å². The molecule has 1 atom stereocenters. The van der Waals surface area contributed by atoms with Crippen molar-refractivity contribution in [1.29, 1.82) is 0 Å². The van der Waals surface area contributed by atoms with Gasteiger partial charge in [-0.2, -0.15) is 0 Å². The van der Waals surface area contributed by atoms with E-state index < -0.39 is 0 Å². The summed E-state index contributed by atoms with van der Waals surface area (Å²) in [4.78, 5) is 15.4. The minimum absolute atomic E-state index is 0.221. The number of aromatic nitrogens is 1. The first-order valence-electron chi connectivity index (χ1n) is 13.3. The zero-order valence-electron chi connectivity index (χ0n) is 22.1. The average molecular weight is 502 g/mol. The minimum Gasteiger partial charge on any atom is -0.401 e. The van der Waals surface area contributed by atoms with E-state index in [9.17, 15) is 0 Å². The second-order valence-corrected chi connectivity index (χ2v) is 11.4. The second kappa shape index (κ2) is 10.8. The third-order valence-corrected chi connectivity index (χ3v) is 8.34. The van der Waals surface area contributed by atoms with Crippen molar-refractivity contribution in [3.63, 3.8) is 0 Å². The topological polar surface area (TPSA) is 69.8 Å². The van der Waals surface area contributed by atoms with E-state index in [1.54, 1.807) is 18.1 Å². The van der Waals surface area contributed by atoms with Crippen molar-refractivity contribution in [2.45, 2.75) is 64.3 Å². The van der Waals surface area contributed by atoms with Crippen LogP contribution >= 0.6 is 11.8 Å². The summed E-state index contributed by atoms with van der Waals surface area (Å²) in [6.45, 7) is 9.89. The standard InChI is InChI=1S/C30H39N5S/c1-19(2)28-25-15-22(21-10-12-35(13-11-21)16-24(31)17-36-4)8-9-26(25)34-30(28)23-6-5-7-27-29(20(3)14-23)33-18-32-27/h6,8-9,14-15,17-19,21,27,34H,5,7,10-13,16,31H2,1-4H3/b20-14-,23-6+,24-17-. The van der Waals surface area contributed by atoms with Gasteiger partial charge < -0.3 is 10.7 Å². The van der Waals surface area contributed by atoms with Crippen molar-refractivity contribution in [1.82, 2.24) is 9.88 Å². The van der Waals surface area contributed by atoms with Gasteiger partial charge in [0.1, 0.15) is 6.34 Å². The van der Waals surface area contributed by atoms with Gasteiger partial charge >= 0.3 is 0 Å². The van der Waals surface area contributed by atoms with Crippen molar-refractivity contribution in [2.24, 2.45) is 15.7 Å². The maximum atomic E-state index is 6.16. The number of benzene rings is 1. The second-order valence-electron chi connectivity index (χ2n) is 10.7. The van der Waals surface area contributed by atoms with Crippen molar-refractivity contribution < 1.29 is 0 Å². The number of hydrogen-bond donors (Lipinski definition) is 2. The smallest absolute Gasteiger partial charge is 0.111 e. The van der Waals surface area contributed by atoms with Crippen LogP contribution in [-0.4, -0.2) is 53.9 Å². The Morgan fingerprint density at radius 1 is 1.25 bits per heavy atom. The Hall–Kier alpha value is -2.57. The molecular formula is C30H39N5S. The molecule has 2 aliphatic heterocycles. The van der Waals surface area contributed by atoms with Crippen LogP contribution in [0.25, 0.3) is 16.5 Å². The number of thioether (sulfide) groups is 1. The van der Waals surface area contributed by atoms with E-state index in [1.807, 2.05) is 0 Å². The Bertz CT molecular complexity index is 1270. The highest BCUT2D eigenvalue weighted by Gasteiger charge is 2.25. The van der Waals surface area contributed by atoms with E-state index in [4.69, 9.17) is 5.73 Å². The molecule has 3 N–H and O–H groups in total. The third-order valence-electron chi connectivity index (χ3n) is 7.80. The molecular weight excluding hydrogens is 462 g/mol. The van der Waals surface area contributed by atoms with Gasteiger partial charge in [0, 0.05) is 28.8 Å². The predicted octanol–water partition coefficient (Wildman–Crippen LogP) is 6.61. The molecule has 5 nitrogen and oxygen atoms in total. The molecule has 2 aromatic rings. The molecule has 3 heterocycles. The van der Waals surface area contributed by atoms with Gasteiger partial charge in [-0.1, -0.05) is 26.0 Å². The monoisotopic (exact) mass is 501 g/mol. The van der Waals surface area contributed by atoms with Gasteiger partial charge in [-0.15, -0.1) is 11.8 Å². The predicted molar refractivity (Wildman–Crippen MR) is 157 cm³/mol. The van der Waals surface area contributed by atoms with E-state index in [1.165, 1.54) is 51.7 Å². The van der Waals surface area contributed by atoms with E-state index in [2.05, 4.69) is 82.7 Å². The molecule has 0 spiro atoms. The fourth-order valence-electron chi connectivity index (χ4n) is 6.03. The molecule has 1 aromatic heterocycles. The molecule has 1 saturated heterocycles. The summed E-state index contributed by atoms with van der Waals surface area (Å²) >= 11 is 1.68. The fraction of sp³-hybridized carbons (Fsp3) is 0.467. The zero-order chi connectivity index (χ0) is 25.2. The summed E-state index contributed by atoms with van der Waals surface area (Å²) in [6.07, 6.45) is 12.9. The Balaban J connectivity index is 1.42. The third kappa shape index (κ3) is 5.12. The van der Waals surface area contributed by atoms with Gasteiger partial charge in [0.05, 0.1) is 11.8 Å². The highest BCUT2D eigenvalue weighted by Crippen LogP contribution is 2.38. The largest absolute Gasteiger partial charge is 0.401 e. The zero-order valence-corrected chi connectivity index (χ0v) is 22.9. The first-order chi connectivity index (χ1) is 17.4. The molecule has 1 unspecified atom stereocenters. The number of nitrogens with one attached hydrogen (secondary N) is 1. The summed E-state index contributed by atoms with van der Waals surface area (Å²) in [5.74, 6) is 1.03. The summed E-state index contributed by atoms with van der Waals surface area (Å²) in [6, 6.07) is 7.34. The van der Waals surface area contributed by atoms with Crippen molar-refractivity contribution in [3.05, 3.63) is 63.9 Å². The van der Waals surface area contributed by atoms with Crippen molar-refractivity contribution in [2.75, 3.05) is 25.9 Å². The average Bonchev–Trinajstić information content (AvgIpc) is 3.47. The number of piperidine rings is 1. The molecule has 0 amide bonds. The maximum Gasteiger partial charge on any atom is 0.111 e. The van der Waals surface area contributed by atoms with Gasteiger partial charge in [0.15, 0.2) is 0 Å². The summed E-state index contributed by atoms with van der Waals surface area (Å²) in [5, 5.41) is 3.44. The summed E-state index contributed by atoms with van der Waals surface area (Å²) in [7, 11) is 0. The number of aromatic amines is 1. The van der Waals surface area contributed by atoms with Crippen LogP contribution in [0.4, 0.5) is 0 Å². The van der Waals surface area contributed by atoms with Gasteiger partial charge in [0.2, 0.25) is 0 Å². The fourth-order valence-corrected chi connectivity index (χ4v) is 6.41. The lowest BCUT2D eigenvalue weighted by Gasteiger charge is -2.32. The number of nitrogens with zero attached hydrogens (tertiary/aromatic N) is 3. The maximum absolute atomic E-state index is 6.16. The number of rotatable bonds is 6. The van der Waals surface area contributed by atoms with Crippen LogP contribution in [0, 0.1) is 0 Å². The number of aliphatic imine (C=N–C) groups is 2. The minimum atomic E-state index is 0.221. The van der Waals surface area contributed by atoms with Crippen LogP contribution in [0.3, 0.4) is 0 Å². The Kier molecular flexibility index (Phi) is 7.54. The number of nitrogens with two attached hydrogens (primary N) is 1. The molecule has 6 heteroatoms. The normalized spacial score (nSPS) is 24.8. The van der Waals surface area contributed by atoms with Crippen LogP contribution in [0.1, 0.15) is 75.1 Å². The lowest BCUT2D eigenvalue weighted by Crippen LogP contribution is -2.35. The van der Waals surface area contributed by atoms with E-state index in [0.29, 0.717) is 11.8 Å².